The number of carbonyl (C=O) groups is 1. The zero-order chi connectivity index (χ0) is 21.8. The molecule has 0 aliphatic heterocycles. The zero-order valence-electron chi connectivity index (χ0n) is 15.9. The second-order valence-electron chi connectivity index (χ2n) is 6.31. The molecule has 29 heavy (non-hydrogen) atoms. The topological polar surface area (TPSA) is 131 Å². The Balaban J connectivity index is 2.03. The molecule has 1 amide bonds. The number of hydrogen-bond acceptors (Lipinski definition) is 6. The Morgan fingerprint density at radius 3 is 2.41 bits per heavy atom. The molecule has 0 saturated carbocycles. The molecule has 0 atom stereocenters. The van der Waals surface area contributed by atoms with Crippen molar-refractivity contribution in [3.8, 4) is 0 Å². The number of hydrazone groups is 1. The minimum Gasteiger partial charge on any atom is -0.272 e. The van der Waals surface area contributed by atoms with Crippen LogP contribution in [0.3, 0.4) is 0 Å². The SMILES string of the molecule is Cc1cc(C)c(S(=O)(=O)NCC(=O)N/N=C\c2cc([N+](=O)[O-])ccc2Cl)c(C)c1. The van der Waals surface area contributed by atoms with Crippen LogP contribution >= 0.6 is 11.6 Å². The van der Waals surface area contributed by atoms with E-state index in [-0.39, 0.29) is 21.2 Å². The molecule has 0 aromatic heterocycles. The van der Waals surface area contributed by atoms with E-state index in [1.54, 1.807) is 26.0 Å². The van der Waals surface area contributed by atoms with Gasteiger partial charge in [0.25, 0.3) is 11.6 Å². The number of aryl methyl sites for hydroxylation is 3. The lowest BCUT2D eigenvalue weighted by atomic mass is 10.1. The minimum atomic E-state index is -3.89. The van der Waals surface area contributed by atoms with Crippen LogP contribution in [0.5, 0.6) is 0 Å². The number of hydrogen-bond donors (Lipinski definition) is 2. The summed E-state index contributed by atoms with van der Waals surface area (Å²) < 4.78 is 27.3. The summed E-state index contributed by atoms with van der Waals surface area (Å²) in [6, 6.07) is 7.26. The first-order chi connectivity index (χ1) is 13.5. The van der Waals surface area contributed by atoms with Crippen LogP contribution in [0, 0.1) is 30.9 Å². The van der Waals surface area contributed by atoms with Crippen LogP contribution in [-0.2, 0) is 14.8 Å². The van der Waals surface area contributed by atoms with Crippen molar-refractivity contribution in [2.75, 3.05) is 6.54 Å². The van der Waals surface area contributed by atoms with Gasteiger partial charge < -0.3 is 0 Å². The van der Waals surface area contributed by atoms with Crippen molar-refractivity contribution < 1.29 is 18.1 Å². The van der Waals surface area contributed by atoms with Crippen molar-refractivity contribution >= 4 is 39.4 Å². The lowest BCUT2D eigenvalue weighted by Gasteiger charge is -2.12. The van der Waals surface area contributed by atoms with Gasteiger partial charge >= 0.3 is 0 Å². The van der Waals surface area contributed by atoms with Gasteiger partial charge in [0, 0.05) is 22.7 Å². The van der Waals surface area contributed by atoms with Crippen molar-refractivity contribution in [3.05, 3.63) is 67.7 Å². The molecular weight excluding hydrogens is 420 g/mol. The molecule has 11 heteroatoms. The van der Waals surface area contributed by atoms with Crippen molar-refractivity contribution in [2.45, 2.75) is 25.7 Å². The Labute approximate surface area is 173 Å². The number of amides is 1. The standard InChI is InChI=1S/C18H19ClN4O5S/c1-11-6-12(2)18(13(3)7-11)29(27,28)21-10-17(24)22-20-9-14-8-15(23(25)26)4-5-16(14)19/h4-9,21H,10H2,1-3H3,(H,22,24)/b20-9-. The molecule has 0 aliphatic carbocycles. The molecule has 0 spiro atoms. The van der Waals surface area contributed by atoms with E-state index in [1.807, 2.05) is 6.92 Å². The number of nitro benzene ring substituents is 1. The summed E-state index contributed by atoms with van der Waals surface area (Å²) in [5.41, 5.74) is 4.28. The summed E-state index contributed by atoms with van der Waals surface area (Å²) in [5.74, 6) is -0.714. The van der Waals surface area contributed by atoms with Crippen molar-refractivity contribution in [2.24, 2.45) is 5.10 Å². The Hall–Kier alpha value is -2.82. The summed E-state index contributed by atoms with van der Waals surface area (Å²) in [6.45, 7) is 4.70. The quantitative estimate of drug-likeness (QED) is 0.389. The number of halogens is 1. The Bertz CT molecular complexity index is 1080. The number of nitrogens with zero attached hydrogens (tertiary/aromatic N) is 2. The fourth-order valence-corrected chi connectivity index (χ4v) is 4.38. The Morgan fingerprint density at radius 1 is 1.21 bits per heavy atom. The highest BCUT2D eigenvalue weighted by molar-refractivity contribution is 7.89. The number of nitrogens with one attached hydrogen (secondary N) is 2. The molecule has 2 rings (SSSR count). The first-order valence-electron chi connectivity index (χ1n) is 8.34. The second kappa shape index (κ2) is 9.12. The minimum absolute atomic E-state index is 0.128. The molecule has 2 aromatic carbocycles. The zero-order valence-corrected chi connectivity index (χ0v) is 17.5. The lowest BCUT2D eigenvalue weighted by molar-refractivity contribution is -0.384. The number of sulfonamides is 1. The smallest absolute Gasteiger partial charge is 0.270 e. The van der Waals surface area contributed by atoms with Crippen molar-refractivity contribution in [3.63, 3.8) is 0 Å². The molecular formula is C18H19ClN4O5S. The third kappa shape index (κ3) is 5.83. The monoisotopic (exact) mass is 438 g/mol. The molecule has 0 bridgehead atoms. The highest BCUT2D eigenvalue weighted by atomic mass is 35.5. The maximum absolute atomic E-state index is 12.5. The molecule has 0 heterocycles. The highest BCUT2D eigenvalue weighted by Gasteiger charge is 2.20. The van der Waals surface area contributed by atoms with Crippen LogP contribution in [0.2, 0.25) is 5.02 Å². The van der Waals surface area contributed by atoms with E-state index in [2.05, 4.69) is 15.2 Å². The van der Waals surface area contributed by atoms with Gasteiger partial charge in [0.15, 0.2) is 0 Å². The molecule has 2 aromatic rings. The van der Waals surface area contributed by atoms with E-state index in [9.17, 15) is 23.3 Å². The van der Waals surface area contributed by atoms with E-state index in [0.29, 0.717) is 11.1 Å². The summed E-state index contributed by atoms with van der Waals surface area (Å²) in [5, 5.41) is 14.7. The summed E-state index contributed by atoms with van der Waals surface area (Å²) in [6.07, 6.45) is 1.13. The van der Waals surface area contributed by atoms with E-state index in [4.69, 9.17) is 11.6 Å². The normalized spacial score (nSPS) is 11.6. The van der Waals surface area contributed by atoms with Crippen LogP contribution in [0.1, 0.15) is 22.3 Å². The van der Waals surface area contributed by atoms with Gasteiger partial charge in [-0.3, -0.25) is 14.9 Å². The van der Waals surface area contributed by atoms with Gasteiger partial charge in [-0.15, -0.1) is 0 Å². The average Bonchev–Trinajstić information content (AvgIpc) is 2.60. The maximum atomic E-state index is 12.5. The Morgan fingerprint density at radius 2 is 1.83 bits per heavy atom. The number of nitro groups is 1. The van der Waals surface area contributed by atoms with Crippen LogP contribution in [-0.4, -0.2) is 32.0 Å². The highest BCUT2D eigenvalue weighted by Crippen LogP contribution is 2.22. The van der Waals surface area contributed by atoms with Crippen LogP contribution in [0.15, 0.2) is 40.3 Å². The summed E-state index contributed by atoms with van der Waals surface area (Å²) in [7, 11) is -3.89. The van der Waals surface area contributed by atoms with Crippen molar-refractivity contribution in [1.82, 2.24) is 10.1 Å². The van der Waals surface area contributed by atoms with E-state index in [1.165, 1.54) is 18.2 Å². The first kappa shape index (κ1) is 22.5. The van der Waals surface area contributed by atoms with Gasteiger partial charge in [0.2, 0.25) is 10.0 Å². The fourth-order valence-electron chi connectivity index (χ4n) is 2.78. The third-order valence-corrected chi connectivity index (χ3v) is 5.93. The third-order valence-electron chi connectivity index (χ3n) is 3.88. The fraction of sp³-hybridized carbons (Fsp3) is 0.222. The number of carbonyl (C=O) groups excluding carboxylic acids is 1. The van der Waals surface area contributed by atoms with E-state index in [0.717, 1.165) is 11.8 Å². The predicted octanol–water partition coefficient (Wildman–Crippen LogP) is 2.60. The van der Waals surface area contributed by atoms with Gasteiger partial charge in [-0.25, -0.2) is 18.6 Å². The average molecular weight is 439 g/mol. The molecule has 0 saturated heterocycles. The largest absolute Gasteiger partial charge is 0.272 e. The van der Waals surface area contributed by atoms with E-state index < -0.39 is 27.4 Å². The molecule has 0 fully saturated rings. The summed E-state index contributed by atoms with van der Waals surface area (Å²) >= 11 is 5.93. The van der Waals surface area contributed by atoms with Gasteiger partial charge in [-0.05, 0) is 38.0 Å². The number of benzene rings is 2. The lowest BCUT2D eigenvalue weighted by Crippen LogP contribution is -2.35. The molecule has 2 N–H and O–H groups in total. The molecule has 0 unspecified atom stereocenters. The van der Waals surface area contributed by atoms with Crippen LogP contribution < -0.4 is 10.1 Å². The number of non-ortho nitro benzene ring substituents is 1. The maximum Gasteiger partial charge on any atom is 0.270 e. The van der Waals surface area contributed by atoms with Crippen LogP contribution in [0.4, 0.5) is 5.69 Å². The van der Waals surface area contributed by atoms with Gasteiger partial charge in [-0.1, -0.05) is 29.3 Å². The molecule has 0 aliphatic rings. The summed E-state index contributed by atoms with van der Waals surface area (Å²) in [4.78, 5) is 22.2. The van der Waals surface area contributed by atoms with Crippen molar-refractivity contribution in [1.29, 1.82) is 0 Å². The molecule has 154 valence electrons. The van der Waals surface area contributed by atoms with Gasteiger partial charge in [0.05, 0.1) is 22.6 Å². The van der Waals surface area contributed by atoms with Gasteiger partial charge in [-0.2, -0.15) is 5.10 Å². The Kier molecular flexibility index (Phi) is 7.07. The first-order valence-corrected chi connectivity index (χ1v) is 10.2. The predicted molar refractivity (Wildman–Crippen MR) is 110 cm³/mol. The molecule has 0 radical (unpaired) electrons. The van der Waals surface area contributed by atoms with Gasteiger partial charge in [0.1, 0.15) is 0 Å². The second-order valence-corrected chi connectivity index (χ2v) is 8.42. The van der Waals surface area contributed by atoms with E-state index >= 15 is 0 Å². The number of rotatable bonds is 7. The van der Waals surface area contributed by atoms with Crippen LogP contribution in [0.25, 0.3) is 0 Å². The molecule has 9 nitrogen and oxygen atoms in total.